The van der Waals surface area contributed by atoms with Crippen LogP contribution in [0.1, 0.15) is 54.8 Å². The summed E-state index contributed by atoms with van der Waals surface area (Å²) < 4.78 is 0. The zero-order valence-electron chi connectivity index (χ0n) is 16.8. The second kappa shape index (κ2) is 9.98. The summed E-state index contributed by atoms with van der Waals surface area (Å²) in [7, 11) is 0. The molecule has 2 aromatic carbocycles. The number of carbonyl (C=O) groups is 1. The number of aromatic amines is 1. The SMILES string of the molecule is C[C@H](c1nc2ccccc2c(=O)[nH]1)N(CCCCCCN)C(=O)c1ccccc1. The lowest BCUT2D eigenvalue weighted by atomic mass is 10.1. The normalized spacial score (nSPS) is 12.1. The molecule has 1 aromatic heterocycles. The highest BCUT2D eigenvalue weighted by molar-refractivity contribution is 5.94. The topological polar surface area (TPSA) is 92.1 Å². The van der Waals surface area contributed by atoms with Crippen LogP contribution in [0, 0.1) is 0 Å². The lowest BCUT2D eigenvalue weighted by molar-refractivity contribution is 0.0679. The molecular weight excluding hydrogens is 364 g/mol. The molecule has 0 bridgehead atoms. The van der Waals surface area contributed by atoms with Gasteiger partial charge in [0, 0.05) is 12.1 Å². The molecule has 3 rings (SSSR count). The third-order valence-electron chi connectivity index (χ3n) is 5.13. The van der Waals surface area contributed by atoms with Crippen molar-refractivity contribution in [2.24, 2.45) is 5.73 Å². The number of benzene rings is 2. The maximum atomic E-state index is 13.2. The van der Waals surface area contributed by atoms with E-state index < -0.39 is 0 Å². The van der Waals surface area contributed by atoms with Crippen LogP contribution in [0.2, 0.25) is 0 Å². The maximum Gasteiger partial charge on any atom is 0.258 e. The lowest BCUT2D eigenvalue weighted by Crippen LogP contribution is -2.36. The van der Waals surface area contributed by atoms with E-state index in [0.717, 1.165) is 25.7 Å². The van der Waals surface area contributed by atoms with Crippen LogP contribution in [-0.2, 0) is 0 Å². The van der Waals surface area contributed by atoms with Crippen LogP contribution in [0.4, 0.5) is 0 Å². The molecule has 0 aliphatic rings. The molecule has 0 radical (unpaired) electrons. The number of para-hydroxylation sites is 1. The van der Waals surface area contributed by atoms with Gasteiger partial charge in [-0.3, -0.25) is 9.59 Å². The van der Waals surface area contributed by atoms with Gasteiger partial charge in [-0.25, -0.2) is 4.98 Å². The predicted molar refractivity (Wildman–Crippen MR) is 116 cm³/mol. The molecule has 3 N–H and O–H groups in total. The van der Waals surface area contributed by atoms with Crippen LogP contribution in [0.25, 0.3) is 10.9 Å². The Labute approximate surface area is 170 Å². The molecule has 0 aliphatic heterocycles. The quantitative estimate of drug-likeness (QED) is 0.544. The smallest absolute Gasteiger partial charge is 0.258 e. The third-order valence-corrected chi connectivity index (χ3v) is 5.13. The number of nitrogens with one attached hydrogen (secondary N) is 1. The number of carbonyl (C=O) groups excluding carboxylic acids is 1. The fourth-order valence-electron chi connectivity index (χ4n) is 3.45. The van der Waals surface area contributed by atoms with Crippen molar-refractivity contribution in [2.45, 2.75) is 38.6 Å². The predicted octanol–water partition coefficient (Wildman–Crippen LogP) is 3.65. The Hall–Kier alpha value is -2.99. The lowest BCUT2D eigenvalue weighted by Gasteiger charge is -2.29. The van der Waals surface area contributed by atoms with E-state index in [9.17, 15) is 9.59 Å². The fourth-order valence-corrected chi connectivity index (χ4v) is 3.45. The molecule has 0 saturated carbocycles. The zero-order chi connectivity index (χ0) is 20.6. The van der Waals surface area contributed by atoms with Crippen LogP contribution >= 0.6 is 0 Å². The first kappa shape index (κ1) is 20.7. The van der Waals surface area contributed by atoms with Crippen LogP contribution < -0.4 is 11.3 Å². The number of H-pyrrole nitrogens is 1. The van der Waals surface area contributed by atoms with Gasteiger partial charge in [0.15, 0.2) is 0 Å². The van der Waals surface area contributed by atoms with Gasteiger partial charge < -0.3 is 15.6 Å². The first-order valence-electron chi connectivity index (χ1n) is 10.2. The molecule has 1 heterocycles. The minimum atomic E-state index is -0.352. The Balaban J connectivity index is 1.88. The molecule has 0 saturated heterocycles. The molecule has 29 heavy (non-hydrogen) atoms. The van der Waals surface area contributed by atoms with Crippen molar-refractivity contribution in [3.63, 3.8) is 0 Å². The van der Waals surface area contributed by atoms with Crippen molar-refractivity contribution >= 4 is 16.8 Å². The van der Waals surface area contributed by atoms with Gasteiger partial charge in [-0.2, -0.15) is 0 Å². The highest BCUT2D eigenvalue weighted by Gasteiger charge is 2.24. The molecule has 0 unspecified atom stereocenters. The van der Waals surface area contributed by atoms with Gasteiger partial charge in [0.05, 0.1) is 16.9 Å². The van der Waals surface area contributed by atoms with E-state index in [4.69, 9.17) is 5.73 Å². The van der Waals surface area contributed by atoms with Crippen molar-refractivity contribution in [1.29, 1.82) is 0 Å². The Bertz CT molecular complexity index is 1000. The van der Waals surface area contributed by atoms with E-state index in [0.29, 0.717) is 35.4 Å². The average Bonchev–Trinajstić information content (AvgIpc) is 2.76. The first-order chi connectivity index (χ1) is 14.1. The number of aromatic nitrogens is 2. The van der Waals surface area contributed by atoms with Gasteiger partial charge in [0.2, 0.25) is 0 Å². The van der Waals surface area contributed by atoms with E-state index in [1.54, 1.807) is 11.0 Å². The average molecular weight is 393 g/mol. The van der Waals surface area contributed by atoms with Crippen LogP contribution in [0.3, 0.4) is 0 Å². The zero-order valence-corrected chi connectivity index (χ0v) is 16.8. The minimum absolute atomic E-state index is 0.0623. The summed E-state index contributed by atoms with van der Waals surface area (Å²) in [6, 6.07) is 16.1. The van der Waals surface area contributed by atoms with E-state index in [-0.39, 0.29) is 17.5 Å². The van der Waals surface area contributed by atoms with E-state index >= 15 is 0 Å². The Morgan fingerprint density at radius 3 is 2.48 bits per heavy atom. The van der Waals surface area contributed by atoms with Gasteiger partial charge in [0.25, 0.3) is 11.5 Å². The minimum Gasteiger partial charge on any atom is -0.330 e. The summed E-state index contributed by atoms with van der Waals surface area (Å²) in [5, 5.41) is 0.547. The molecule has 1 amide bonds. The number of hydrogen-bond donors (Lipinski definition) is 2. The molecule has 0 aliphatic carbocycles. The Kier molecular flexibility index (Phi) is 7.14. The first-order valence-corrected chi connectivity index (χ1v) is 10.2. The highest BCUT2D eigenvalue weighted by Crippen LogP contribution is 2.21. The molecule has 1 atom stereocenters. The van der Waals surface area contributed by atoms with Crippen molar-refractivity contribution < 1.29 is 4.79 Å². The summed E-state index contributed by atoms with van der Waals surface area (Å²) in [6.45, 7) is 3.19. The second-order valence-electron chi connectivity index (χ2n) is 7.21. The van der Waals surface area contributed by atoms with Gasteiger partial charge in [0.1, 0.15) is 5.82 Å². The molecule has 3 aromatic rings. The van der Waals surface area contributed by atoms with Gasteiger partial charge in [-0.05, 0) is 50.6 Å². The number of hydrogen-bond acceptors (Lipinski definition) is 4. The molecule has 152 valence electrons. The van der Waals surface area contributed by atoms with E-state index in [1.165, 1.54) is 0 Å². The number of rotatable bonds is 9. The molecule has 0 fully saturated rings. The number of fused-ring (bicyclic) bond motifs is 1. The summed E-state index contributed by atoms with van der Waals surface area (Å²) in [5.41, 5.74) is 6.65. The van der Waals surface area contributed by atoms with E-state index in [1.807, 2.05) is 55.5 Å². The van der Waals surface area contributed by atoms with Crippen LogP contribution in [-0.4, -0.2) is 33.9 Å². The van der Waals surface area contributed by atoms with E-state index in [2.05, 4.69) is 9.97 Å². The van der Waals surface area contributed by atoms with Crippen molar-refractivity contribution in [3.05, 3.63) is 76.3 Å². The van der Waals surface area contributed by atoms with Crippen molar-refractivity contribution in [3.8, 4) is 0 Å². The number of nitrogens with zero attached hydrogens (tertiary/aromatic N) is 2. The fraction of sp³-hybridized carbons (Fsp3) is 0.348. The second-order valence-corrected chi connectivity index (χ2v) is 7.21. The summed E-state index contributed by atoms with van der Waals surface area (Å²) in [5.74, 6) is 0.438. The Morgan fingerprint density at radius 2 is 1.72 bits per heavy atom. The third kappa shape index (κ3) is 5.09. The largest absolute Gasteiger partial charge is 0.330 e. The van der Waals surface area contributed by atoms with Crippen molar-refractivity contribution in [1.82, 2.24) is 14.9 Å². The monoisotopic (exact) mass is 392 g/mol. The molecule has 0 spiro atoms. The van der Waals surface area contributed by atoms with Gasteiger partial charge in [-0.15, -0.1) is 0 Å². The maximum absolute atomic E-state index is 13.2. The van der Waals surface area contributed by atoms with Crippen molar-refractivity contribution in [2.75, 3.05) is 13.1 Å². The van der Waals surface area contributed by atoms with Gasteiger partial charge >= 0.3 is 0 Å². The Morgan fingerprint density at radius 1 is 1.03 bits per heavy atom. The van der Waals surface area contributed by atoms with Gasteiger partial charge in [-0.1, -0.05) is 43.2 Å². The molecule has 6 nitrogen and oxygen atoms in total. The summed E-state index contributed by atoms with van der Waals surface area (Å²) in [6.07, 6.45) is 3.91. The standard InChI is InChI=1S/C23H28N4O2/c1-17(21-25-20-14-8-7-13-19(20)22(28)26-21)27(16-10-3-2-9-15-24)23(29)18-11-5-4-6-12-18/h4-8,11-14,17H,2-3,9-10,15-16,24H2,1H3,(H,25,26,28)/t17-/m1/s1. The highest BCUT2D eigenvalue weighted by atomic mass is 16.2. The summed E-state index contributed by atoms with van der Waals surface area (Å²) >= 11 is 0. The molecular formula is C23H28N4O2. The number of nitrogens with two attached hydrogens (primary N) is 1. The number of unbranched alkanes of at least 4 members (excludes halogenated alkanes) is 3. The molecule has 6 heteroatoms. The van der Waals surface area contributed by atoms with Crippen LogP contribution in [0.5, 0.6) is 0 Å². The summed E-state index contributed by atoms with van der Waals surface area (Å²) in [4.78, 5) is 35.0. The van der Waals surface area contributed by atoms with Crippen LogP contribution in [0.15, 0.2) is 59.4 Å². The number of amides is 1.